The van der Waals surface area contributed by atoms with E-state index in [0.29, 0.717) is 12.1 Å². The molecule has 1 saturated carbocycles. The van der Waals surface area contributed by atoms with Gasteiger partial charge in [-0.25, -0.2) is 0 Å². The van der Waals surface area contributed by atoms with Crippen LogP contribution in [0.2, 0.25) is 0 Å². The van der Waals surface area contributed by atoms with Gasteiger partial charge in [0.1, 0.15) is 0 Å². The van der Waals surface area contributed by atoms with Crippen molar-refractivity contribution >= 4 is 17.7 Å². The zero-order chi connectivity index (χ0) is 22.9. The monoisotopic (exact) mass is 465 g/mol. The summed E-state index contributed by atoms with van der Waals surface area (Å²) in [6.45, 7) is 1.57. The third-order valence-corrected chi connectivity index (χ3v) is 6.83. The summed E-state index contributed by atoms with van der Waals surface area (Å²) in [5.74, 6) is -0.380. The third kappa shape index (κ3) is 5.56. The number of alkyl halides is 3. The second kappa shape index (κ2) is 9.31. The van der Waals surface area contributed by atoms with Crippen LogP contribution in [0.4, 0.5) is 13.2 Å². The first-order chi connectivity index (χ1) is 15.2. The van der Waals surface area contributed by atoms with Crippen LogP contribution in [0.15, 0.2) is 52.3 Å². The van der Waals surface area contributed by atoms with Crippen LogP contribution in [0, 0.1) is 5.92 Å². The van der Waals surface area contributed by atoms with Crippen LogP contribution < -0.4 is 10.9 Å². The average molecular weight is 466 g/mol. The lowest BCUT2D eigenvalue weighted by molar-refractivity contribution is -0.138. The molecule has 1 aromatic heterocycles. The van der Waals surface area contributed by atoms with Crippen molar-refractivity contribution in [2.75, 3.05) is 13.1 Å². The molecule has 1 aliphatic heterocycles. The minimum atomic E-state index is -4.35. The van der Waals surface area contributed by atoms with E-state index in [9.17, 15) is 22.8 Å². The molecule has 0 unspecified atom stereocenters. The van der Waals surface area contributed by atoms with Gasteiger partial charge in [-0.05, 0) is 72.8 Å². The fourth-order valence-corrected chi connectivity index (χ4v) is 4.96. The zero-order valence-corrected chi connectivity index (χ0v) is 18.6. The maximum Gasteiger partial charge on any atom is 0.446 e. The second-order valence-corrected chi connectivity index (χ2v) is 9.65. The van der Waals surface area contributed by atoms with E-state index in [1.54, 1.807) is 31.4 Å². The maximum atomic E-state index is 13.7. The molecule has 1 N–H and O–H groups in total. The molecule has 1 aromatic carbocycles. The number of nitrogens with zero attached hydrogens (tertiary/aromatic N) is 2. The van der Waals surface area contributed by atoms with E-state index in [1.165, 1.54) is 16.7 Å². The molecule has 2 fully saturated rings. The Morgan fingerprint density at radius 3 is 2.69 bits per heavy atom. The van der Waals surface area contributed by atoms with Gasteiger partial charge < -0.3 is 14.8 Å². The molecule has 1 saturated heterocycles. The minimum Gasteiger partial charge on any atom is -0.335 e. The van der Waals surface area contributed by atoms with Gasteiger partial charge in [0.15, 0.2) is 0 Å². The Hall–Kier alpha value is -2.26. The van der Waals surface area contributed by atoms with Gasteiger partial charge in [-0.1, -0.05) is 12.1 Å². The Balaban J connectivity index is 1.55. The van der Waals surface area contributed by atoms with E-state index in [1.807, 2.05) is 11.0 Å². The highest BCUT2D eigenvalue weighted by atomic mass is 32.2. The maximum absolute atomic E-state index is 13.7. The Kier molecular flexibility index (Phi) is 6.67. The third-order valence-electron chi connectivity index (χ3n) is 6.11. The van der Waals surface area contributed by atoms with E-state index >= 15 is 0 Å². The van der Waals surface area contributed by atoms with Crippen molar-refractivity contribution < 1.29 is 18.0 Å². The first-order valence-corrected chi connectivity index (χ1v) is 11.6. The molecule has 0 bridgehead atoms. The van der Waals surface area contributed by atoms with Gasteiger partial charge in [-0.2, -0.15) is 13.2 Å². The number of hydrogen-bond donors (Lipinski definition) is 1. The van der Waals surface area contributed by atoms with E-state index in [0.717, 1.165) is 31.4 Å². The van der Waals surface area contributed by atoms with E-state index in [2.05, 4.69) is 5.32 Å². The number of rotatable bonds is 6. The molecule has 2 heterocycles. The van der Waals surface area contributed by atoms with Crippen molar-refractivity contribution in [3.8, 4) is 0 Å². The number of benzene rings is 1. The lowest BCUT2D eigenvalue weighted by Crippen LogP contribution is -2.47. The van der Waals surface area contributed by atoms with Gasteiger partial charge >= 0.3 is 5.51 Å². The number of piperidine rings is 1. The SMILES string of the molecule is Cn1ccc([C@H]2CCNC[C@@H]2C(=O)N(Cc2cccc(SC(F)(F)F)c2)C2CC2)cc1=O. The van der Waals surface area contributed by atoms with Crippen LogP contribution in [-0.2, 0) is 18.4 Å². The van der Waals surface area contributed by atoms with Crippen LogP contribution in [0.25, 0.3) is 0 Å². The van der Waals surface area contributed by atoms with Gasteiger partial charge in [-0.3, -0.25) is 9.59 Å². The highest BCUT2D eigenvalue weighted by molar-refractivity contribution is 8.00. The average Bonchev–Trinajstić information content (AvgIpc) is 3.58. The number of pyridine rings is 1. The number of aryl methyl sites for hydroxylation is 1. The molecule has 0 spiro atoms. The van der Waals surface area contributed by atoms with Crippen LogP contribution in [0.3, 0.4) is 0 Å². The van der Waals surface area contributed by atoms with Crippen LogP contribution in [0.5, 0.6) is 0 Å². The quantitative estimate of drug-likeness (QED) is 0.658. The standard InChI is InChI=1S/C23H26F3N3O2S/c1-28-10-8-16(12-21(28)30)19-7-9-27-13-20(19)22(31)29(17-5-6-17)14-15-3-2-4-18(11-15)32-23(24,25)26/h2-4,8,10-12,17,19-20,27H,5-7,9,13-14H2,1H3/t19-,20+/m1/s1. The number of amides is 1. The highest BCUT2D eigenvalue weighted by Crippen LogP contribution is 2.38. The summed E-state index contributed by atoms with van der Waals surface area (Å²) >= 11 is -0.142. The number of carbonyl (C=O) groups excluding carboxylic acids is 1. The number of halogens is 3. The zero-order valence-electron chi connectivity index (χ0n) is 17.8. The Labute approximate surface area is 189 Å². The molecule has 0 radical (unpaired) electrons. The number of thioether (sulfide) groups is 1. The molecule has 1 aliphatic carbocycles. The summed E-state index contributed by atoms with van der Waals surface area (Å²) in [5, 5.41) is 3.30. The predicted molar refractivity (Wildman–Crippen MR) is 117 cm³/mol. The number of nitrogens with one attached hydrogen (secondary N) is 1. The molecule has 2 aromatic rings. The Morgan fingerprint density at radius 1 is 1.22 bits per heavy atom. The van der Waals surface area contributed by atoms with Gasteiger partial charge in [0, 0.05) is 43.3 Å². The fraction of sp³-hybridized carbons (Fsp3) is 0.478. The van der Waals surface area contributed by atoms with Gasteiger partial charge in [0.25, 0.3) is 5.56 Å². The molecule has 172 valence electrons. The second-order valence-electron chi connectivity index (χ2n) is 8.51. The summed E-state index contributed by atoms with van der Waals surface area (Å²) in [7, 11) is 1.69. The molecular formula is C23H26F3N3O2S. The van der Waals surface area contributed by atoms with Gasteiger partial charge in [0.2, 0.25) is 5.91 Å². The molecule has 4 rings (SSSR count). The normalized spacial score (nSPS) is 21.4. The molecule has 2 aliphatic rings. The minimum absolute atomic E-state index is 0.000690. The van der Waals surface area contributed by atoms with Crippen molar-refractivity contribution in [3.05, 3.63) is 64.1 Å². The summed E-state index contributed by atoms with van der Waals surface area (Å²) in [6, 6.07) is 9.93. The first-order valence-electron chi connectivity index (χ1n) is 10.7. The Morgan fingerprint density at radius 2 is 2.00 bits per heavy atom. The lowest BCUT2D eigenvalue weighted by atomic mass is 9.80. The van der Waals surface area contributed by atoms with E-state index in [4.69, 9.17) is 0 Å². The number of carbonyl (C=O) groups is 1. The summed E-state index contributed by atoms with van der Waals surface area (Å²) in [6.07, 6.45) is 4.28. The number of hydrogen-bond acceptors (Lipinski definition) is 4. The van der Waals surface area contributed by atoms with Crippen LogP contribution >= 0.6 is 11.8 Å². The van der Waals surface area contributed by atoms with Crippen molar-refractivity contribution in [3.63, 3.8) is 0 Å². The van der Waals surface area contributed by atoms with Gasteiger partial charge in [-0.15, -0.1) is 0 Å². The van der Waals surface area contributed by atoms with Crippen LogP contribution in [0.1, 0.15) is 36.3 Å². The smallest absolute Gasteiger partial charge is 0.335 e. The molecule has 32 heavy (non-hydrogen) atoms. The molecule has 5 nitrogen and oxygen atoms in total. The predicted octanol–water partition coefficient (Wildman–Crippen LogP) is 3.88. The van der Waals surface area contributed by atoms with E-state index < -0.39 is 5.51 Å². The topological polar surface area (TPSA) is 54.3 Å². The summed E-state index contributed by atoms with van der Waals surface area (Å²) in [4.78, 5) is 27.7. The Bertz CT molecular complexity index is 1040. The number of aromatic nitrogens is 1. The lowest BCUT2D eigenvalue weighted by Gasteiger charge is -2.35. The molecular weight excluding hydrogens is 439 g/mol. The molecule has 2 atom stereocenters. The fourth-order valence-electron chi connectivity index (χ4n) is 4.34. The van der Waals surface area contributed by atoms with Crippen molar-refractivity contribution in [1.82, 2.24) is 14.8 Å². The van der Waals surface area contributed by atoms with Gasteiger partial charge in [0.05, 0.1) is 5.92 Å². The largest absolute Gasteiger partial charge is 0.446 e. The summed E-state index contributed by atoms with van der Waals surface area (Å²) < 4.78 is 39.8. The van der Waals surface area contributed by atoms with Crippen molar-refractivity contribution in [1.29, 1.82) is 0 Å². The highest BCUT2D eigenvalue weighted by Gasteiger charge is 2.40. The molecule has 1 amide bonds. The summed E-state index contributed by atoms with van der Waals surface area (Å²) in [5.41, 5.74) is -2.90. The van der Waals surface area contributed by atoms with Crippen molar-refractivity contribution in [2.45, 2.75) is 48.2 Å². The van der Waals surface area contributed by atoms with Crippen molar-refractivity contribution in [2.24, 2.45) is 13.0 Å². The molecule has 9 heteroatoms. The first kappa shape index (κ1) is 22.9. The van der Waals surface area contributed by atoms with Crippen LogP contribution in [-0.4, -0.2) is 40.0 Å². The van der Waals surface area contributed by atoms with E-state index in [-0.39, 0.29) is 52.5 Å².